The Morgan fingerprint density at radius 2 is 1.14 bits per heavy atom. The number of likely N-dealkylation sites (tertiary alicyclic amines) is 1. The van der Waals surface area contributed by atoms with E-state index >= 15 is 14.4 Å². The van der Waals surface area contributed by atoms with Crippen molar-refractivity contribution in [1.82, 2.24) is 60.9 Å². The van der Waals surface area contributed by atoms with Crippen LogP contribution in [0.1, 0.15) is 156 Å². The molecule has 0 aliphatic carbocycles. The van der Waals surface area contributed by atoms with E-state index in [-0.39, 0.29) is 68.9 Å². The van der Waals surface area contributed by atoms with Gasteiger partial charge in [0.1, 0.15) is 48.2 Å². The molecule has 520 valence electrons. The molecule has 25 heteroatoms. The summed E-state index contributed by atoms with van der Waals surface area (Å²) in [7, 11) is 10.1. The number of amides is 8. The maximum atomic E-state index is 15.5. The predicted molar refractivity (Wildman–Crippen MR) is 348 cm³/mol. The van der Waals surface area contributed by atoms with Gasteiger partial charge in [0.15, 0.2) is 18.2 Å². The maximum absolute atomic E-state index is 15.5. The number of carbonyl (C=O) groups excluding carboxylic acids is 11. The van der Waals surface area contributed by atoms with Gasteiger partial charge in [0.2, 0.25) is 47.3 Å². The number of hydrogen-bond acceptors (Lipinski definition) is 15. The highest BCUT2D eigenvalue weighted by molar-refractivity contribution is 5.98. The van der Waals surface area contributed by atoms with E-state index in [2.05, 4.69) is 32.5 Å². The van der Waals surface area contributed by atoms with Crippen LogP contribution in [-0.2, 0) is 52.7 Å². The van der Waals surface area contributed by atoms with Crippen molar-refractivity contribution in [2.45, 2.75) is 228 Å². The van der Waals surface area contributed by atoms with Gasteiger partial charge in [0.25, 0.3) is 5.92 Å². The molecule has 1 heterocycles. The van der Waals surface area contributed by atoms with Gasteiger partial charge in [-0.3, -0.25) is 63.5 Å². The van der Waals surface area contributed by atoms with E-state index in [1.807, 2.05) is 41.5 Å². The number of rotatable bonds is 39. The van der Waals surface area contributed by atoms with Gasteiger partial charge in [-0.25, -0.2) is 8.78 Å². The highest BCUT2D eigenvalue weighted by Crippen LogP contribution is 2.31. The van der Waals surface area contributed by atoms with Crippen LogP contribution in [0.5, 0.6) is 0 Å². The van der Waals surface area contributed by atoms with Gasteiger partial charge in [-0.15, -0.1) is 12.3 Å². The lowest BCUT2D eigenvalue weighted by molar-refractivity contribution is -0.157. The summed E-state index contributed by atoms with van der Waals surface area (Å²) in [6.07, 6.45) is 8.68. The summed E-state index contributed by atoms with van der Waals surface area (Å²) in [5.74, 6) is -8.71. The summed E-state index contributed by atoms with van der Waals surface area (Å²) >= 11 is 0. The molecule has 1 rings (SSSR count). The summed E-state index contributed by atoms with van der Waals surface area (Å²) in [4.78, 5) is 164. The first-order valence-corrected chi connectivity index (χ1v) is 32.4. The Labute approximate surface area is 543 Å². The number of terminal acetylenes is 1. The second-order valence-electron chi connectivity index (χ2n) is 27.9. The summed E-state index contributed by atoms with van der Waals surface area (Å²) < 4.78 is 28.8. The molecular formula is C66H116F2N12O11. The average Bonchev–Trinajstić information content (AvgIpc) is 1.41. The molecule has 1 saturated heterocycles. The standard InChI is InChI=1S/C66H116F2N12O11/c1-26-48(45(15)28-30-80-31-29-65(67,68)36-80)55(57(85)70-49(27-2)60(88)74(20)47(17)59(87)79(25)66(38-83,34-41(7)8)72-51(35-81)42(9)10)78(24)63(91)54(44(13)14)77(23)61(89)52(33-40(5)6)75(21)62(90)53(43(11)12)76(22)58(86)46(16)71-64(18,37-82)73-56(84)50(69-19)32-39(3)4/h1,35,37-55,69,71-72H,27-34,36H2,2-25H3,(H,70,85)(H,73,84). The van der Waals surface area contributed by atoms with Gasteiger partial charge in [0, 0.05) is 55.3 Å². The molecule has 0 bridgehead atoms. The van der Waals surface area contributed by atoms with Crippen LogP contribution >= 0.6 is 0 Å². The summed E-state index contributed by atoms with van der Waals surface area (Å²) in [5, 5.41) is 14.5. The molecule has 1 aliphatic rings. The Kier molecular flexibility index (Phi) is 33.3. The SMILES string of the molecule is C#CC(C(C)CCN1CCC(F)(F)C1)C(C(=O)NC(CC)C(=O)N(C)C(C)C(=O)N(C)C(C=O)(CC(C)C)NC(C=O)C(C)C)N(C)C(=O)C(C(C)C)N(C)C(=O)C(CC(C)C)N(C)C(=O)C(C(C)C)N(C)C(=O)C(C)NC(C)(C=O)NC(=O)C(CC(C)C)NC. The lowest BCUT2D eigenvalue weighted by atomic mass is 9.83. The third kappa shape index (κ3) is 22.6. The van der Waals surface area contributed by atoms with Crippen LogP contribution in [0.25, 0.3) is 0 Å². The number of aldehydes is 3. The molecule has 91 heavy (non-hydrogen) atoms. The van der Waals surface area contributed by atoms with Crippen LogP contribution in [0.2, 0.25) is 0 Å². The summed E-state index contributed by atoms with van der Waals surface area (Å²) in [6.45, 7) is 29.4. The molecular weight excluding hydrogens is 1170 g/mol. The van der Waals surface area contributed by atoms with Crippen molar-refractivity contribution < 1.29 is 61.5 Å². The fraction of sp³-hybridized carbons (Fsp3) is 0.803. The third-order valence-corrected chi connectivity index (χ3v) is 17.7. The molecule has 1 fully saturated rings. The van der Waals surface area contributed by atoms with E-state index in [1.54, 1.807) is 67.3 Å². The molecule has 13 atom stereocenters. The van der Waals surface area contributed by atoms with Crippen LogP contribution in [0, 0.1) is 59.7 Å². The van der Waals surface area contributed by atoms with Crippen LogP contribution in [-0.4, -0.2) is 241 Å². The maximum Gasteiger partial charge on any atom is 0.261 e. The summed E-state index contributed by atoms with van der Waals surface area (Å²) in [6, 6.07) is -10.3. The van der Waals surface area contributed by atoms with Gasteiger partial charge in [-0.1, -0.05) is 96.9 Å². The van der Waals surface area contributed by atoms with Crippen molar-refractivity contribution in [1.29, 1.82) is 0 Å². The Morgan fingerprint density at radius 3 is 1.56 bits per heavy atom. The van der Waals surface area contributed by atoms with Crippen LogP contribution in [0.15, 0.2) is 0 Å². The molecule has 13 unspecified atom stereocenters. The zero-order valence-electron chi connectivity index (χ0n) is 59.4. The second kappa shape index (κ2) is 36.5. The van der Waals surface area contributed by atoms with E-state index < -0.39 is 149 Å². The topological polar surface area (TPSA) is 271 Å². The van der Waals surface area contributed by atoms with Crippen LogP contribution in [0.3, 0.4) is 0 Å². The van der Waals surface area contributed by atoms with Crippen molar-refractivity contribution in [3.63, 3.8) is 0 Å². The van der Waals surface area contributed by atoms with E-state index in [4.69, 9.17) is 6.42 Å². The molecule has 1 aliphatic heterocycles. The smallest absolute Gasteiger partial charge is 0.261 e. The Morgan fingerprint density at radius 1 is 0.626 bits per heavy atom. The lowest BCUT2D eigenvalue weighted by Crippen LogP contribution is -2.67. The normalized spacial score (nSPS) is 18.4. The molecule has 0 radical (unpaired) electrons. The van der Waals surface area contributed by atoms with E-state index in [0.29, 0.717) is 25.3 Å². The third-order valence-electron chi connectivity index (χ3n) is 17.7. The largest absolute Gasteiger partial charge is 0.342 e. The van der Waals surface area contributed by atoms with Gasteiger partial charge in [-0.2, -0.15) is 0 Å². The van der Waals surface area contributed by atoms with E-state index in [1.165, 1.54) is 82.7 Å². The molecule has 0 aromatic carbocycles. The van der Waals surface area contributed by atoms with Gasteiger partial charge < -0.3 is 50.1 Å². The minimum Gasteiger partial charge on any atom is -0.342 e. The van der Waals surface area contributed by atoms with Crippen molar-refractivity contribution >= 4 is 66.1 Å². The fourth-order valence-corrected chi connectivity index (χ4v) is 12.1. The highest BCUT2D eigenvalue weighted by Gasteiger charge is 2.48. The highest BCUT2D eigenvalue weighted by atomic mass is 19.3. The molecule has 0 aromatic heterocycles. The number of carbonyl (C=O) groups is 11. The van der Waals surface area contributed by atoms with E-state index in [0.717, 1.165) is 9.80 Å². The second-order valence-corrected chi connectivity index (χ2v) is 27.9. The fourth-order valence-electron chi connectivity index (χ4n) is 12.1. The van der Waals surface area contributed by atoms with Gasteiger partial charge in [0.05, 0.1) is 30.6 Å². The number of nitrogens with one attached hydrogen (secondary N) is 5. The van der Waals surface area contributed by atoms with Crippen molar-refractivity contribution in [3.8, 4) is 12.3 Å². The minimum atomic E-state index is -2.88. The zero-order chi connectivity index (χ0) is 70.7. The van der Waals surface area contributed by atoms with Crippen LogP contribution in [0.4, 0.5) is 8.78 Å². The van der Waals surface area contributed by atoms with Gasteiger partial charge >= 0.3 is 0 Å². The number of halogens is 2. The predicted octanol–water partition coefficient (Wildman–Crippen LogP) is 3.87. The Balaban J connectivity index is 3.90. The number of alkyl halides is 2. The first kappa shape index (κ1) is 83.0. The number of nitrogens with zero attached hydrogens (tertiary/aromatic N) is 7. The Hall–Kier alpha value is -5.97. The molecule has 5 N–H and O–H groups in total. The first-order valence-electron chi connectivity index (χ1n) is 32.4. The Bertz CT molecular complexity index is 2510. The summed E-state index contributed by atoms with van der Waals surface area (Å²) in [5.41, 5.74) is -3.33. The van der Waals surface area contributed by atoms with Gasteiger partial charge in [-0.05, 0) is 108 Å². The van der Waals surface area contributed by atoms with Crippen molar-refractivity contribution in [2.75, 3.05) is 69.0 Å². The minimum absolute atomic E-state index is 0.0135. The average molecular weight is 1290 g/mol. The first-order chi connectivity index (χ1) is 42.0. The lowest BCUT2D eigenvalue weighted by Gasteiger charge is -2.43. The van der Waals surface area contributed by atoms with Crippen molar-refractivity contribution in [2.24, 2.45) is 47.3 Å². The molecule has 23 nitrogen and oxygen atoms in total. The molecule has 8 amide bonds. The van der Waals surface area contributed by atoms with Crippen molar-refractivity contribution in [3.05, 3.63) is 0 Å². The van der Waals surface area contributed by atoms with Crippen LogP contribution < -0.4 is 26.6 Å². The molecule has 0 spiro atoms. The van der Waals surface area contributed by atoms with E-state index in [9.17, 15) is 47.1 Å². The quantitative estimate of drug-likeness (QED) is 0.0332. The number of hydrogen-bond donors (Lipinski definition) is 5. The molecule has 0 aromatic rings. The monoisotopic (exact) mass is 1290 g/mol. The number of likely N-dealkylation sites (N-methyl/N-ethyl adjacent to an activating group) is 7. The zero-order valence-corrected chi connectivity index (χ0v) is 59.4. The molecule has 0 saturated carbocycles.